The van der Waals surface area contributed by atoms with Crippen molar-refractivity contribution in [1.29, 1.82) is 0 Å². The second-order valence-electron chi connectivity index (χ2n) is 13.0. The van der Waals surface area contributed by atoms with Crippen molar-refractivity contribution in [3.05, 3.63) is 34.4 Å². The molecule has 0 amide bonds. The van der Waals surface area contributed by atoms with Crippen molar-refractivity contribution in [3.8, 4) is 5.75 Å². The van der Waals surface area contributed by atoms with E-state index in [-0.39, 0.29) is 11.4 Å². The molecule has 54 heavy (non-hydrogen) atoms. The van der Waals surface area contributed by atoms with Gasteiger partial charge in [0.25, 0.3) is 5.69 Å². The number of nitro groups is 1. The topological polar surface area (TPSA) is 380 Å². The van der Waals surface area contributed by atoms with Crippen LogP contribution in [0.1, 0.15) is 0 Å². The first-order valence-corrected chi connectivity index (χ1v) is 16.7. The summed E-state index contributed by atoms with van der Waals surface area (Å²) in [6, 6.07) is 4.43. The van der Waals surface area contributed by atoms with Gasteiger partial charge in [-0.15, -0.1) is 0 Å². The van der Waals surface area contributed by atoms with E-state index in [1.54, 1.807) is 0 Å². The van der Waals surface area contributed by atoms with Crippen molar-refractivity contribution in [2.75, 3.05) is 26.4 Å². The number of nitro benzene ring substituents is 1. The fourth-order valence-corrected chi connectivity index (χ4v) is 6.29. The van der Waals surface area contributed by atoms with E-state index < -0.39 is 154 Å². The Hall–Kier alpha value is -2.38. The number of aliphatic hydroxyl groups is 13. The zero-order valence-corrected chi connectivity index (χ0v) is 28.0. The molecule has 4 saturated heterocycles. The van der Waals surface area contributed by atoms with E-state index in [0.29, 0.717) is 0 Å². The van der Waals surface area contributed by atoms with Gasteiger partial charge in [-0.1, -0.05) is 0 Å². The van der Waals surface area contributed by atoms with Crippen LogP contribution in [0.15, 0.2) is 24.3 Å². The number of rotatable bonds is 13. The largest absolute Gasteiger partial charge is 0.462 e. The second kappa shape index (κ2) is 18.3. The van der Waals surface area contributed by atoms with Gasteiger partial charge in [-0.05, 0) is 12.1 Å². The number of hydrogen-bond donors (Lipinski definition) is 13. The highest BCUT2D eigenvalue weighted by Crippen LogP contribution is 2.35. The van der Waals surface area contributed by atoms with Gasteiger partial charge in [0.05, 0.1) is 31.4 Å². The normalized spacial score (nSPS) is 45.9. The van der Waals surface area contributed by atoms with Crippen LogP contribution < -0.4 is 4.74 Å². The lowest BCUT2D eigenvalue weighted by Gasteiger charge is -2.49. The summed E-state index contributed by atoms with van der Waals surface area (Å²) < 4.78 is 45.6. The summed E-state index contributed by atoms with van der Waals surface area (Å²) in [7, 11) is 0. The van der Waals surface area contributed by atoms with Crippen LogP contribution in [0.5, 0.6) is 5.75 Å². The van der Waals surface area contributed by atoms with Crippen LogP contribution in [-0.2, 0) is 33.2 Å². The van der Waals surface area contributed by atoms with Gasteiger partial charge >= 0.3 is 0 Å². The van der Waals surface area contributed by atoms with Gasteiger partial charge in [-0.25, -0.2) is 0 Å². The van der Waals surface area contributed by atoms with Crippen LogP contribution in [0.2, 0.25) is 0 Å². The summed E-state index contributed by atoms with van der Waals surface area (Å²) in [5, 5.41) is 146. The number of ether oxygens (including phenoxy) is 8. The number of nitrogens with zero attached hydrogens (tertiary/aromatic N) is 1. The molecular formula is C30H45NO23. The van der Waals surface area contributed by atoms with Crippen LogP contribution in [-0.4, -0.2) is 221 Å². The molecule has 4 aliphatic rings. The number of non-ortho nitro benzene ring substituents is 1. The van der Waals surface area contributed by atoms with E-state index in [4.69, 9.17) is 37.9 Å². The maximum atomic E-state index is 11.7. The lowest BCUT2D eigenvalue weighted by atomic mass is 9.95. The number of benzene rings is 1. The highest BCUT2D eigenvalue weighted by Gasteiger charge is 2.55. The molecule has 308 valence electrons. The average molecular weight is 788 g/mol. The fourth-order valence-electron chi connectivity index (χ4n) is 6.29. The lowest BCUT2D eigenvalue weighted by Crippen LogP contribution is -2.68. The van der Waals surface area contributed by atoms with E-state index in [0.717, 1.165) is 24.3 Å². The standard InChI is InChI=1S/C30H45NO23/c32-5-11-15(35)18(38)21(41)27(49-11)47-8-14-25(53-28-22(42)19(39)16(36)12(6-33)50-28)26(54-29-23(43)20(40)17(37)13(7-34)51-29)24(44)30(52-14)48-10-3-1-9(2-4-10)31(45)46/h1-4,11-30,32-44H,5-8H2. The third-order valence-electron chi connectivity index (χ3n) is 9.47. The molecule has 0 aliphatic carbocycles. The van der Waals surface area contributed by atoms with Gasteiger partial charge in [-0.3, -0.25) is 10.1 Å². The maximum absolute atomic E-state index is 11.7. The molecule has 0 saturated carbocycles. The molecule has 0 spiro atoms. The molecule has 4 aliphatic heterocycles. The molecular weight excluding hydrogens is 742 g/mol. The second-order valence-corrected chi connectivity index (χ2v) is 13.0. The Morgan fingerprint density at radius 1 is 0.519 bits per heavy atom. The molecule has 4 heterocycles. The fraction of sp³-hybridized carbons (Fsp3) is 0.800. The van der Waals surface area contributed by atoms with Crippen LogP contribution in [0, 0.1) is 10.1 Å². The summed E-state index contributed by atoms with van der Waals surface area (Å²) in [4.78, 5) is 10.5. The molecule has 1 aromatic carbocycles. The predicted octanol–water partition coefficient (Wildman–Crippen LogP) is -7.75. The molecule has 24 heteroatoms. The number of hydrogen-bond acceptors (Lipinski definition) is 23. The quantitative estimate of drug-likeness (QED) is 0.0652. The minimum Gasteiger partial charge on any atom is -0.462 e. The maximum Gasteiger partial charge on any atom is 0.269 e. The Morgan fingerprint density at radius 3 is 1.37 bits per heavy atom. The molecule has 0 radical (unpaired) electrons. The van der Waals surface area contributed by atoms with E-state index >= 15 is 0 Å². The minimum absolute atomic E-state index is 0.113. The van der Waals surface area contributed by atoms with Crippen LogP contribution in [0.4, 0.5) is 5.69 Å². The third kappa shape index (κ3) is 8.93. The molecule has 4 fully saturated rings. The van der Waals surface area contributed by atoms with Gasteiger partial charge in [-0.2, -0.15) is 0 Å². The van der Waals surface area contributed by atoms with Crippen molar-refractivity contribution in [1.82, 2.24) is 0 Å². The highest BCUT2D eigenvalue weighted by molar-refractivity contribution is 5.36. The van der Waals surface area contributed by atoms with Crippen molar-refractivity contribution in [2.45, 2.75) is 123 Å². The number of aliphatic hydroxyl groups excluding tert-OH is 13. The highest BCUT2D eigenvalue weighted by atomic mass is 16.8. The van der Waals surface area contributed by atoms with E-state index in [1.165, 1.54) is 0 Å². The molecule has 20 unspecified atom stereocenters. The Kier molecular flexibility index (Phi) is 14.5. The first-order chi connectivity index (χ1) is 25.6. The first kappa shape index (κ1) is 42.8. The molecule has 1 aromatic rings. The van der Waals surface area contributed by atoms with E-state index in [2.05, 4.69) is 0 Å². The van der Waals surface area contributed by atoms with Crippen molar-refractivity contribution >= 4 is 5.69 Å². The summed E-state index contributed by atoms with van der Waals surface area (Å²) in [6.45, 7) is -3.38. The van der Waals surface area contributed by atoms with Crippen LogP contribution >= 0.6 is 0 Å². The van der Waals surface area contributed by atoms with E-state index in [9.17, 15) is 76.5 Å². The third-order valence-corrected chi connectivity index (χ3v) is 9.47. The van der Waals surface area contributed by atoms with Gasteiger partial charge in [0.1, 0.15) is 103 Å². The summed E-state index contributed by atoms with van der Waals surface area (Å²) >= 11 is 0. The zero-order valence-electron chi connectivity index (χ0n) is 28.0. The van der Waals surface area contributed by atoms with E-state index in [1.807, 2.05) is 0 Å². The molecule has 5 rings (SSSR count). The lowest BCUT2D eigenvalue weighted by molar-refractivity contribution is -0.386. The van der Waals surface area contributed by atoms with Gasteiger partial charge in [0.2, 0.25) is 6.29 Å². The summed E-state index contributed by atoms with van der Waals surface area (Å²) in [5.74, 6) is -0.113. The smallest absolute Gasteiger partial charge is 0.269 e. The SMILES string of the molecule is O=[N+]([O-])c1ccc(OC2OC(COC3OC(CO)C(O)C(O)C3O)C(OC3OC(CO)C(O)C(O)C3O)C(OC3OC(CO)C(O)C(O)C3O)C2O)cc1. The minimum atomic E-state index is -2.05. The molecule has 0 aromatic heterocycles. The Morgan fingerprint density at radius 2 is 0.926 bits per heavy atom. The van der Waals surface area contributed by atoms with Crippen molar-refractivity contribution in [3.63, 3.8) is 0 Å². The Labute approximate surface area is 304 Å². The first-order valence-electron chi connectivity index (χ1n) is 16.7. The van der Waals surface area contributed by atoms with Gasteiger partial charge < -0.3 is 104 Å². The predicted molar refractivity (Wildman–Crippen MR) is 165 cm³/mol. The Balaban J connectivity index is 1.51. The monoisotopic (exact) mass is 787 g/mol. The molecule has 0 bridgehead atoms. The van der Waals surface area contributed by atoms with Crippen LogP contribution in [0.3, 0.4) is 0 Å². The van der Waals surface area contributed by atoms with Crippen LogP contribution in [0.25, 0.3) is 0 Å². The zero-order chi connectivity index (χ0) is 39.6. The average Bonchev–Trinajstić information content (AvgIpc) is 3.16. The molecule has 24 nitrogen and oxygen atoms in total. The van der Waals surface area contributed by atoms with Gasteiger partial charge in [0, 0.05) is 12.1 Å². The van der Waals surface area contributed by atoms with Crippen molar-refractivity contribution < 1.29 is 109 Å². The van der Waals surface area contributed by atoms with Gasteiger partial charge in [0.15, 0.2) is 18.9 Å². The van der Waals surface area contributed by atoms with Crippen molar-refractivity contribution in [2.24, 2.45) is 0 Å². The molecule has 13 N–H and O–H groups in total. The Bertz CT molecular complexity index is 1340. The molecule has 20 atom stereocenters. The summed E-state index contributed by atoms with van der Waals surface area (Å²) in [6.07, 6.45) is -36.7. The summed E-state index contributed by atoms with van der Waals surface area (Å²) in [5.41, 5.74) is -0.324.